The van der Waals surface area contributed by atoms with E-state index in [0.29, 0.717) is 11.5 Å². The van der Waals surface area contributed by atoms with Gasteiger partial charge in [-0.25, -0.2) is 0 Å². The second-order valence-corrected chi connectivity index (χ2v) is 5.59. The molecule has 3 rings (SSSR count). The number of hydrogen-bond acceptors (Lipinski definition) is 4. The monoisotopic (exact) mass is 373 g/mol. The lowest BCUT2D eigenvalue weighted by Crippen LogP contribution is -2.20. The number of nitrogens with one attached hydrogen (secondary N) is 1. The summed E-state index contributed by atoms with van der Waals surface area (Å²) in [4.78, 5) is 12.1. The number of fused-ring (bicyclic) bond motifs is 1. The molecular weight excluding hydrogens is 356 g/mol. The minimum Gasteiger partial charge on any atom is -0.497 e. The van der Waals surface area contributed by atoms with Gasteiger partial charge in [0.05, 0.1) is 12.8 Å². The molecule has 7 heteroatoms. The highest BCUT2D eigenvalue weighted by atomic mass is 19.3. The molecule has 0 aliphatic carbocycles. The molecule has 3 aromatic rings. The number of ether oxygens (including phenoxy) is 3. The van der Waals surface area contributed by atoms with Gasteiger partial charge in [-0.2, -0.15) is 8.78 Å². The van der Waals surface area contributed by atoms with Crippen molar-refractivity contribution in [3.63, 3.8) is 0 Å². The van der Waals surface area contributed by atoms with Crippen LogP contribution >= 0.6 is 0 Å². The average molecular weight is 373 g/mol. The maximum Gasteiger partial charge on any atom is 0.387 e. The van der Waals surface area contributed by atoms with Gasteiger partial charge in [-0.1, -0.05) is 24.3 Å². The number of para-hydroxylation sites is 2. The molecule has 0 saturated heterocycles. The van der Waals surface area contributed by atoms with Crippen molar-refractivity contribution in [3.8, 4) is 17.2 Å². The third-order valence-corrected chi connectivity index (χ3v) is 3.77. The Morgan fingerprint density at radius 2 is 1.70 bits per heavy atom. The summed E-state index contributed by atoms with van der Waals surface area (Å²) < 4.78 is 39.9. The lowest BCUT2D eigenvalue weighted by atomic mass is 10.1. The van der Waals surface area contributed by atoms with Gasteiger partial charge >= 0.3 is 6.61 Å². The fraction of sp³-hybridized carbons (Fsp3) is 0.150. The lowest BCUT2D eigenvalue weighted by Gasteiger charge is -2.12. The summed E-state index contributed by atoms with van der Waals surface area (Å²) in [6, 6.07) is 17.0. The molecule has 0 heterocycles. The number of hydrogen-bond donors (Lipinski definition) is 1. The molecule has 0 aliphatic rings. The number of anilines is 1. The van der Waals surface area contributed by atoms with Crippen LogP contribution in [0.4, 0.5) is 14.5 Å². The zero-order valence-electron chi connectivity index (χ0n) is 14.4. The van der Waals surface area contributed by atoms with E-state index in [-0.39, 0.29) is 18.0 Å². The molecule has 27 heavy (non-hydrogen) atoms. The summed E-state index contributed by atoms with van der Waals surface area (Å²) in [7, 11) is 1.58. The zero-order valence-corrected chi connectivity index (χ0v) is 14.4. The van der Waals surface area contributed by atoms with E-state index < -0.39 is 12.5 Å². The number of rotatable bonds is 7. The van der Waals surface area contributed by atoms with Crippen LogP contribution in [0, 0.1) is 0 Å². The fourth-order valence-corrected chi connectivity index (χ4v) is 2.52. The zero-order chi connectivity index (χ0) is 19.2. The smallest absolute Gasteiger partial charge is 0.387 e. The molecule has 0 fully saturated rings. The molecular formula is C20H17F2NO4. The summed E-state index contributed by atoms with van der Waals surface area (Å²) >= 11 is 0. The molecule has 0 bridgehead atoms. The normalized spacial score (nSPS) is 10.7. The van der Waals surface area contributed by atoms with Gasteiger partial charge in [0.25, 0.3) is 5.91 Å². The van der Waals surface area contributed by atoms with Gasteiger partial charge < -0.3 is 19.5 Å². The Morgan fingerprint density at radius 3 is 2.44 bits per heavy atom. The largest absolute Gasteiger partial charge is 0.497 e. The molecule has 0 radical (unpaired) electrons. The average Bonchev–Trinajstić information content (AvgIpc) is 2.67. The maximum atomic E-state index is 12.4. The quantitative estimate of drug-likeness (QED) is 0.664. The lowest BCUT2D eigenvalue weighted by molar-refractivity contribution is -0.118. The Labute approximate surface area is 154 Å². The summed E-state index contributed by atoms with van der Waals surface area (Å²) in [6.07, 6.45) is 0. The Morgan fingerprint density at radius 1 is 1.00 bits per heavy atom. The predicted octanol–water partition coefficient (Wildman–Crippen LogP) is 4.47. The van der Waals surface area contributed by atoms with Crippen LogP contribution < -0.4 is 19.5 Å². The van der Waals surface area contributed by atoms with Crippen LogP contribution in [0.25, 0.3) is 10.8 Å². The Bertz CT molecular complexity index is 946. The van der Waals surface area contributed by atoms with Crippen LogP contribution in [-0.2, 0) is 4.79 Å². The molecule has 0 unspecified atom stereocenters. The highest BCUT2D eigenvalue weighted by molar-refractivity contribution is 5.93. The Balaban J connectivity index is 1.65. The van der Waals surface area contributed by atoms with Gasteiger partial charge in [-0.3, -0.25) is 4.79 Å². The topological polar surface area (TPSA) is 56.8 Å². The molecule has 0 aliphatic heterocycles. The first-order chi connectivity index (χ1) is 13.0. The molecule has 1 N–H and O–H groups in total. The fourth-order valence-electron chi connectivity index (χ4n) is 2.52. The number of benzene rings is 3. The molecule has 0 aromatic heterocycles. The van der Waals surface area contributed by atoms with E-state index in [2.05, 4.69) is 10.1 Å². The summed E-state index contributed by atoms with van der Waals surface area (Å²) in [6.45, 7) is -3.26. The van der Waals surface area contributed by atoms with Crippen molar-refractivity contribution in [1.82, 2.24) is 0 Å². The van der Waals surface area contributed by atoms with Gasteiger partial charge in [0, 0.05) is 0 Å². The van der Waals surface area contributed by atoms with E-state index in [1.165, 1.54) is 18.2 Å². The molecule has 0 atom stereocenters. The standard InChI is InChI=1S/C20H17F2NO4/c1-25-15-8-6-13-7-9-16(11-14(13)10-15)26-12-19(24)23-17-4-2-3-5-18(17)27-20(21)22/h2-11,20H,12H2,1H3,(H,23,24). The Kier molecular flexibility index (Phi) is 5.71. The molecule has 140 valence electrons. The molecule has 0 saturated carbocycles. The van der Waals surface area contributed by atoms with E-state index in [1.54, 1.807) is 25.3 Å². The highest BCUT2D eigenvalue weighted by Gasteiger charge is 2.12. The van der Waals surface area contributed by atoms with Crippen LogP contribution in [0.15, 0.2) is 60.7 Å². The first kappa shape index (κ1) is 18.4. The number of amides is 1. The molecule has 0 spiro atoms. The van der Waals surface area contributed by atoms with Crippen LogP contribution in [-0.4, -0.2) is 26.2 Å². The second-order valence-electron chi connectivity index (χ2n) is 5.59. The van der Waals surface area contributed by atoms with Crippen LogP contribution in [0.3, 0.4) is 0 Å². The van der Waals surface area contributed by atoms with Crippen molar-refractivity contribution in [2.45, 2.75) is 6.61 Å². The SMILES string of the molecule is COc1ccc2ccc(OCC(=O)Nc3ccccc3OC(F)F)cc2c1. The van der Waals surface area contributed by atoms with E-state index in [9.17, 15) is 13.6 Å². The minimum atomic E-state index is -2.98. The first-order valence-corrected chi connectivity index (χ1v) is 8.09. The maximum absolute atomic E-state index is 12.4. The van der Waals surface area contributed by atoms with Crippen molar-refractivity contribution in [3.05, 3.63) is 60.7 Å². The van der Waals surface area contributed by atoms with Gasteiger partial charge in [0.15, 0.2) is 6.61 Å². The van der Waals surface area contributed by atoms with Crippen molar-refractivity contribution in [2.75, 3.05) is 19.0 Å². The number of halogens is 2. The van der Waals surface area contributed by atoms with E-state index in [4.69, 9.17) is 9.47 Å². The summed E-state index contributed by atoms with van der Waals surface area (Å²) in [5, 5.41) is 4.41. The number of carbonyl (C=O) groups excluding carboxylic acids is 1. The second kappa shape index (κ2) is 8.35. The number of alkyl halides is 2. The van der Waals surface area contributed by atoms with Gasteiger partial charge in [-0.05, 0) is 47.2 Å². The van der Waals surface area contributed by atoms with Gasteiger partial charge in [0.2, 0.25) is 0 Å². The van der Waals surface area contributed by atoms with E-state index >= 15 is 0 Å². The number of methoxy groups -OCH3 is 1. The van der Waals surface area contributed by atoms with Crippen molar-refractivity contribution in [2.24, 2.45) is 0 Å². The third kappa shape index (κ3) is 4.84. The molecule has 1 amide bonds. The van der Waals surface area contributed by atoms with E-state index in [0.717, 1.165) is 10.8 Å². The highest BCUT2D eigenvalue weighted by Crippen LogP contribution is 2.26. The summed E-state index contributed by atoms with van der Waals surface area (Å²) in [5.41, 5.74) is 0.148. The minimum absolute atomic E-state index is 0.112. The Hall–Kier alpha value is -3.35. The van der Waals surface area contributed by atoms with E-state index in [1.807, 2.05) is 24.3 Å². The van der Waals surface area contributed by atoms with Crippen LogP contribution in [0.1, 0.15) is 0 Å². The summed E-state index contributed by atoms with van der Waals surface area (Å²) in [5.74, 6) is 0.612. The van der Waals surface area contributed by atoms with Gasteiger partial charge in [-0.15, -0.1) is 0 Å². The van der Waals surface area contributed by atoms with Crippen molar-refractivity contribution >= 4 is 22.4 Å². The predicted molar refractivity (Wildman–Crippen MR) is 97.7 cm³/mol. The van der Waals surface area contributed by atoms with Crippen molar-refractivity contribution < 1.29 is 27.8 Å². The molecule has 3 aromatic carbocycles. The molecule has 5 nitrogen and oxygen atoms in total. The van der Waals surface area contributed by atoms with Gasteiger partial charge in [0.1, 0.15) is 17.2 Å². The third-order valence-electron chi connectivity index (χ3n) is 3.77. The van der Waals surface area contributed by atoms with Crippen LogP contribution in [0.2, 0.25) is 0 Å². The van der Waals surface area contributed by atoms with Crippen molar-refractivity contribution in [1.29, 1.82) is 0 Å². The van der Waals surface area contributed by atoms with Crippen LogP contribution in [0.5, 0.6) is 17.2 Å². The number of carbonyl (C=O) groups is 1. The first-order valence-electron chi connectivity index (χ1n) is 8.09.